The van der Waals surface area contributed by atoms with Gasteiger partial charge in [0.1, 0.15) is 0 Å². The number of aliphatic carboxylic acids is 1. The number of carboxylic acid groups (broad SMARTS) is 1. The number of likely N-dealkylation sites (N-methyl/N-ethyl adjacent to an activating group) is 1. The molecule has 10 heteroatoms. The van der Waals surface area contributed by atoms with Gasteiger partial charge in [-0.1, -0.05) is 6.07 Å². The van der Waals surface area contributed by atoms with E-state index in [0.717, 1.165) is 17.5 Å². The largest absolute Gasteiger partial charge is 0.493 e. The van der Waals surface area contributed by atoms with E-state index in [2.05, 4.69) is 4.90 Å². The average Bonchev–Trinajstić information content (AvgIpc) is 3.34. The summed E-state index contributed by atoms with van der Waals surface area (Å²) in [6.07, 6.45) is 0.363. The van der Waals surface area contributed by atoms with Gasteiger partial charge in [0.2, 0.25) is 17.4 Å². The molecule has 0 aromatic heterocycles. The molecule has 3 N–H and O–H groups in total. The van der Waals surface area contributed by atoms with Crippen molar-refractivity contribution >= 4 is 17.8 Å². The van der Waals surface area contributed by atoms with Gasteiger partial charge in [0.15, 0.2) is 17.1 Å². The van der Waals surface area contributed by atoms with E-state index in [0.29, 0.717) is 35.8 Å². The topological polar surface area (TPSA) is 137 Å². The van der Waals surface area contributed by atoms with E-state index >= 15 is 0 Å². The molecule has 35 heavy (non-hydrogen) atoms. The van der Waals surface area contributed by atoms with Crippen LogP contribution in [0.1, 0.15) is 43.2 Å². The molecule has 2 amide bonds. The second kappa shape index (κ2) is 7.18. The van der Waals surface area contributed by atoms with Gasteiger partial charge in [-0.05, 0) is 56.8 Å². The van der Waals surface area contributed by atoms with Gasteiger partial charge in [-0.25, -0.2) is 4.79 Å². The minimum atomic E-state index is -2.51. The van der Waals surface area contributed by atoms with Crippen molar-refractivity contribution in [2.24, 2.45) is 5.92 Å². The Hall–Kier alpha value is -2.69. The first-order valence-electron chi connectivity index (χ1n) is 12.2. The van der Waals surface area contributed by atoms with Crippen molar-refractivity contribution in [3.8, 4) is 11.5 Å². The van der Waals surface area contributed by atoms with Crippen molar-refractivity contribution in [3.63, 3.8) is 0 Å². The Morgan fingerprint density at radius 1 is 1.26 bits per heavy atom. The van der Waals surface area contributed by atoms with Crippen molar-refractivity contribution in [1.29, 1.82) is 0 Å². The van der Waals surface area contributed by atoms with Crippen LogP contribution < -0.4 is 9.47 Å². The number of carboxylic acids is 1. The maximum Gasteiger partial charge on any atom is 0.336 e. The lowest BCUT2D eigenvalue weighted by Gasteiger charge is -2.66. The highest BCUT2D eigenvalue weighted by atomic mass is 16.6. The van der Waals surface area contributed by atoms with Gasteiger partial charge < -0.3 is 29.7 Å². The fraction of sp³-hybridized carbons (Fsp3) is 0.640. The number of amides is 2. The Morgan fingerprint density at radius 2 is 1.97 bits per heavy atom. The minimum absolute atomic E-state index is 0.0567. The second-order valence-corrected chi connectivity index (χ2v) is 10.6. The summed E-state index contributed by atoms with van der Waals surface area (Å²) in [5.74, 6) is -2.29. The summed E-state index contributed by atoms with van der Waals surface area (Å²) in [4.78, 5) is 42.4. The zero-order valence-corrected chi connectivity index (χ0v) is 19.8. The molecule has 2 bridgehead atoms. The summed E-state index contributed by atoms with van der Waals surface area (Å²) in [5.41, 5.74) is -3.76. The first kappa shape index (κ1) is 22.8. The van der Waals surface area contributed by atoms with Crippen molar-refractivity contribution in [2.75, 3.05) is 27.3 Å². The lowest BCUT2D eigenvalue weighted by Crippen LogP contribution is -2.86. The number of likely N-dealkylation sites (tertiary alicyclic amines) is 2. The lowest BCUT2D eigenvalue weighted by molar-refractivity contribution is -0.240. The normalized spacial score (nSPS) is 37.0. The monoisotopic (exact) mass is 486 g/mol. The number of carbonyl (C=O) groups excluding carboxylic acids is 2. The molecular weight excluding hydrogens is 456 g/mol. The molecule has 6 rings (SSSR count). The number of aliphatic hydroxyl groups is 2. The van der Waals surface area contributed by atoms with Crippen LogP contribution in [0.4, 0.5) is 0 Å². The van der Waals surface area contributed by atoms with Crippen LogP contribution in [0.25, 0.3) is 0 Å². The molecule has 188 valence electrons. The number of benzene rings is 1. The molecule has 0 radical (unpaired) electrons. The lowest BCUT2D eigenvalue weighted by atomic mass is 9.43. The molecule has 1 aromatic carbocycles. The number of methoxy groups -OCH3 is 1. The SMILES string of the molecule is COc1ccc2c3c1O[C@@]1([C@@](CO)(C(=O)O)N4C(=O)CCC4=O)[C@@H](O)CC[C@H]4[C@@H](C2)N(C)CC[C@@]341. The molecule has 6 atom stereocenters. The van der Waals surface area contributed by atoms with E-state index in [4.69, 9.17) is 9.47 Å². The van der Waals surface area contributed by atoms with Crippen LogP contribution in [0.2, 0.25) is 0 Å². The van der Waals surface area contributed by atoms with E-state index in [1.165, 1.54) is 7.11 Å². The molecule has 10 nitrogen and oxygen atoms in total. The quantitative estimate of drug-likeness (QED) is 0.494. The van der Waals surface area contributed by atoms with Crippen LogP contribution in [0, 0.1) is 5.92 Å². The number of hydrogen-bond donors (Lipinski definition) is 3. The zero-order valence-electron chi connectivity index (χ0n) is 19.8. The Morgan fingerprint density at radius 3 is 2.60 bits per heavy atom. The predicted molar refractivity (Wildman–Crippen MR) is 120 cm³/mol. The van der Waals surface area contributed by atoms with Gasteiger partial charge in [-0.3, -0.25) is 14.5 Å². The summed E-state index contributed by atoms with van der Waals surface area (Å²) in [5, 5.41) is 33.6. The van der Waals surface area contributed by atoms with Gasteiger partial charge in [0.05, 0.1) is 25.2 Å². The smallest absolute Gasteiger partial charge is 0.336 e. The van der Waals surface area contributed by atoms with E-state index < -0.39 is 47.0 Å². The van der Waals surface area contributed by atoms with Crippen LogP contribution in [-0.2, 0) is 26.2 Å². The van der Waals surface area contributed by atoms with Crippen LogP contribution >= 0.6 is 0 Å². The third-order valence-electron chi connectivity index (χ3n) is 9.60. The molecule has 2 saturated heterocycles. The van der Waals surface area contributed by atoms with Gasteiger partial charge in [0.25, 0.3) is 0 Å². The summed E-state index contributed by atoms with van der Waals surface area (Å²) in [6.45, 7) is -0.463. The minimum Gasteiger partial charge on any atom is -0.493 e. The van der Waals surface area contributed by atoms with Gasteiger partial charge in [-0.15, -0.1) is 0 Å². The summed E-state index contributed by atoms with van der Waals surface area (Å²) in [6, 6.07) is 3.78. The highest BCUT2D eigenvalue weighted by Gasteiger charge is 2.83. The zero-order chi connectivity index (χ0) is 24.9. The highest BCUT2D eigenvalue weighted by molar-refractivity contribution is 6.07. The number of hydrogen-bond acceptors (Lipinski definition) is 8. The first-order valence-corrected chi connectivity index (χ1v) is 12.2. The number of imide groups is 1. The van der Waals surface area contributed by atoms with E-state index in [-0.39, 0.29) is 31.2 Å². The molecule has 3 heterocycles. The van der Waals surface area contributed by atoms with Gasteiger partial charge >= 0.3 is 5.97 Å². The Labute approximate surface area is 202 Å². The van der Waals surface area contributed by atoms with Gasteiger partial charge in [-0.2, -0.15) is 0 Å². The van der Waals surface area contributed by atoms with Crippen LogP contribution in [0.5, 0.6) is 11.5 Å². The van der Waals surface area contributed by atoms with E-state index in [1.807, 2.05) is 13.1 Å². The predicted octanol–water partition coefficient (Wildman–Crippen LogP) is 0.0600. The van der Waals surface area contributed by atoms with Crippen molar-refractivity contribution in [1.82, 2.24) is 9.80 Å². The number of rotatable bonds is 5. The number of piperidine rings is 1. The fourth-order valence-corrected chi connectivity index (χ4v) is 8.35. The second-order valence-electron chi connectivity index (χ2n) is 10.6. The van der Waals surface area contributed by atoms with E-state index in [1.54, 1.807) is 6.07 Å². The molecule has 1 saturated carbocycles. The number of nitrogens with zero attached hydrogens (tertiary/aromatic N) is 2. The van der Waals surface area contributed by atoms with Crippen LogP contribution in [0.3, 0.4) is 0 Å². The molecule has 0 unspecified atom stereocenters. The molecule has 3 fully saturated rings. The Bertz CT molecular complexity index is 1140. The summed E-state index contributed by atoms with van der Waals surface area (Å²) < 4.78 is 12.3. The van der Waals surface area contributed by atoms with Crippen LogP contribution in [0.15, 0.2) is 12.1 Å². The third kappa shape index (κ3) is 2.29. The highest BCUT2D eigenvalue weighted by Crippen LogP contribution is 2.70. The maximum atomic E-state index is 13.3. The Kier molecular flexibility index (Phi) is 4.67. The molecule has 3 aliphatic heterocycles. The summed E-state index contributed by atoms with van der Waals surface area (Å²) >= 11 is 0. The number of aliphatic hydroxyl groups excluding tert-OH is 2. The van der Waals surface area contributed by atoms with Gasteiger partial charge in [0, 0.05) is 24.4 Å². The Balaban J connectivity index is 1.74. The summed E-state index contributed by atoms with van der Waals surface area (Å²) in [7, 11) is 3.53. The number of carbonyl (C=O) groups is 3. The molecule has 1 spiro atoms. The standard InChI is InChI=1S/C25H30N2O8/c1-26-10-9-23-14-4-6-17(29)25(23,24(12-28,22(32)33)27-18(30)7-8-19(27)31)35-21-16(34-2)5-3-13(20(21)23)11-15(14)26/h3,5,14-15,17,28-29H,4,6-12H2,1-2H3,(H,32,33)/t14-,15+,17-,23-,24+,25-/m0/s1. The molecular formula is C25H30N2O8. The van der Waals surface area contributed by atoms with Crippen LogP contribution in [-0.4, -0.2) is 93.5 Å². The first-order chi connectivity index (χ1) is 16.7. The molecule has 1 aromatic rings. The average molecular weight is 487 g/mol. The fourth-order valence-electron chi connectivity index (χ4n) is 8.35. The van der Waals surface area contributed by atoms with Crippen molar-refractivity contribution in [3.05, 3.63) is 23.3 Å². The van der Waals surface area contributed by atoms with E-state index in [9.17, 15) is 29.7 Å². The number of ether oxygens (including phenoxy) is 2. The molecule has 2 aliphatic carbocycles. The van der Waals surface area contributed by atoms with Crippen molar-refractivity contribution in [2.45, 2.75) is 67.2 Å². The maximum absolute atomic E-state index is 13.3. The van der Waals surface area contributed by atoms with Crippen molar-refractivity contribution < 1.29 is 39.2 Å². The third-order valence-corrected chi connectivity index (χ3v) is 9.60. The molecule has 5 aliphatic rings.